The van der Waals surface area contributed by atoms with Crippen LogP contribution in [-0.4, -0.2) is 34.5 Å². The van der Waals surface area contributed by atoms with Gasteiger partial charge in [-0.25, -0.2) is 0 Å². The summed E-state index contributed by atoms with van der Waals surface area (Å²) in [5, 5.41) is 20.0. The lowest BCUT2D eigenvalue weighted by molar-refractivity contribution is -0.142. The number of hydrogen-bond donors (Lipinski definition) is 2. The molecule has 1 aliphatic heterocycles. The molecule has 4 nitrogen and oxygen atoms in total. The Bertz CT molecular complexity index is 412. The monoisotopic (exact) mass is 266 g/mol. The number of fused-ring (bicyclic) bond motifs is 1. The molecule has 2 aliphatic rings. The number of ether oxygens (including phenoxy) is 1. The SMILES string of the molecule is C=C1CCC2C(C=C(C)C(O)CC1O)OC(=O)C2C. The Hall–Kier alpha value is -1.13. The van der Waals surface area contributed by atoms with E-state index in [0.29, 0.717) is 6.42 Å². The molecule has 0 saturated carbocycles. The van der Waals surface area contributed by atoms with E-state index in [1.807, 2.05) is 13.0 Å². The van der Waals surface area contributed by atoms with Gasteiger partial charge in [-0.15, -0.1) is 0 Å². The Morgan fingerprint density at radius 3 is 2.74 bits per heavy atom. The van der Waals surface area contributed by atoms with Gasteiger partial charge >= 0.3 is 5.97 Å². The smallest absolute Gasteiger partial charge is 0.309 e. The fourth-order valence-electron chi connectivity index (χ4n) is 2.81. The molecule has 0 amide bonds. The van der Waals surface area contributed by atoms with E-state index < -0.39 is 12.2 Å². The van der Waals surface area contributed by atoms with Crippen LogP contribution in [0, 0.1) is 11.8 Å². The summed E-state index contributed by atoms with van der Waals surface area (Å²) in [6.07, 6.45) is 1.83. The Morgan fingerprint density at radius 1 is 1.37 bits per heavy atom. The number of carbonyl (C=O) groups excluding carboxylic acids is 1. The van der Waals surface area contributed by atoms with Gasteiger partial charge in [0.15, 0.2) is 0 Å². The Kier molecular flexibility index (Phi) is 4.11. The molecule has 1 heterocycles. The predicted molar refractivity (Wildman–Crippen MR) is 71.3 cm³/mol. The highest BCUT2D eigenvalue weighted by Gasteiger charge is 2.41. The van der Waals surface area contributed by atoms with Gasteiger partial charge in [0.1, 0.15) is 6.10 Å². The zero-order valence-corrected chi connectivity index (χ0v) is 11.5. The number of hydrogen-bond acceptors (Lipinski definition) is 4. The summed E-state index contributed by atoms with van der Waals surface area (Å²) in [4.78, 5) is 11.7. The Morgan fingerprint density at radius 2 is 2.05 bits per heavy atom. The first-order chi connectivity index (χ1) is 8.90. The van der Waals surface area contributed by atoms with Crippen LogP contribution >= 0.6 is 0 Å². The van der Waals surface area contributed by atoms with E-state index in [2.05, 4.69) is 6.58 Å². The van der Waals surface area contributed by atoms with Crippen LogP contribution in [-0.2, 0) is 9.53 Å². The van der Waals surface area contributed by atoms with Gasteiger partial charge in [0.05, 0.1) is 18.1 Å². The quantitative estimate of drug-likeness (QED) is 0.516. The molecular weight excluding hydrogens is 244 g/mol. The number of rotatable bonds is 0. The Balaban J connectivity index is 2.27. The van der Waals surface area contributed by atoms with E-state index in [1.165, 1.54) is 0 Å². The van der Waals surface area contributed by atoms with Crippen LogP contribution in [0.3, 0.4) is 0 Å². The van der Waals surface area contributed by atoms with Gasteiger partial charge in [-0.3, -0.25) is 4.79 Å². The average molecular weight is 266 g/mol. The molecule has 1 saturated heterocycles. The van der Waals surface area contributed by atoms with Crippen molar-refractivity contribution >= 4 is 5.97 Å². The molecule has 19 heavy (non-hydrogen) atoms. The molecule has 2 rings (SSSR count). The molecule has 0 aromatic rings. The van der Waals surface area contributed by atoms with E-state index in [0.717, 1.165) is 17.6 Å². The minimum atomic E-state index is -0.722. The number of esters is 1. The third kappa shape index (κ3) is 2.90. The molecule has 5 atom stereocenters. The summed E-state index contributed by atoms with van der Waals surface area (Å²) in [7, 11) is 0. The second kappa shape index (κ2) is 5.47. The van der Waals surface area contributed by atoms with Crippen molar-refractivity contribution in [3.63, 3.8) is 0 Å². The standard InChI is InChI=1S/C15H22O4/c1-8-4-5-11-10(3)15(18)19-14(11)6-9(2)13(17)7-12(8)16/h6,10-14,16-17H,1,4-5,7H2,2-3H3. The summed E-state index contributed by atoms with van der Waals surface area (Å²) in [6, 6.07) is 0. The molecule has 0 bridgehead atoms. The van der Waals surface area contributed by atoms with Crippen LogP contribution < -0.4 is 0 Å². The number of aliphatic hydroxyl groups is 2. The lowest BCUT2D eigenvalue weighted by atomic mass is 9.83. The highest BCUT2D eigenvalue weighted by molar-refractivity contribution is 5.75. The number of aliphatic hydroxyl groups excluding tert-OH is 2. The molecule has 4 heteroatoms. The zero-order valence-electron chi connectivity index (χ0n) is 11.5. The van der Waals surface area contributed by atoms with E-state index >= 15 is 0 Å². The summed E-state index contributed by atoms with van der Waals surface area (Å²) >= 11 is 0. The fourth-order valence-corrected chi connectivity index (χ4v) is 2.81. The van der Waals surface area contributed by atoms with Gasteiger partial charge < -0.3 is 14.9 Å². The second-order valence-electron chi connectivity index (χ2n) is 5.73. The van der Waals surface area contributed by atoms with E-state index in [4.69, 9.17) is 4.74 Å². The summed E-state index contributed by atoms with van der Waals surface area (Å²) in [5.41, 5.74) is 1.46. The zero-order chi connectivity index (χ0) is 14.2. The van der Waals surface area contributed by atoms with Crippen molar-refractivity contribution in [1.82, 2.24) is 0 Å². The number of carbonyl (C=O) groups is 1. The maximum absolute atomic E-state index is 11.7. The average Bonchev–Trinajstić information content (AvgIpc) is 2.61. The van der Waals surface area contributed by atoms with Gasteiger partial charge in [0.25, 0.3) is 0 Å². The molecule has 1 aliphatic carbocycles. The normalized spacial score (nSPS) is 40.4. The van der Waals surface area contributed by atoms with Crippen LogP contribution in [0.15, 0.2) is 23.8 Å². The lowest BCUT2D eigenvalue weighted by Crippen LogP contribution is -2.26. The molecule has 0 radical (unpaired) electrons. The maximum atomic E-state index is 11.7. The fraction of sp³-hybridized carbons (Fsp3) is 0.667. The minimum Gasteiger partial charge on any atom is -0.458 e. The highest BCUT2D eigenvalue weighted by Crippen LogP contribution is 2.35. The minimum absolute atomic E-state index is 0.0942. The molecule has 106 valence electrons. The first-order valence-electron chi connectivity index (χ1n) is 6.82. The van der Waals surface area contributed by atoms with E-state index in [-0.39, 0.29) is 30.3 Å². The van der Waals surface area contributed by atoms with Crippen LogP contribution in [0.1, 0.15) is 33.1 Å². The Labute approximate surface area is 113 Å². The molecule has 2 N–H and O–H groups in total. The molecule has 0 aromatic carbocycles. The topological polar surface area (TPSA) is 66.8 Å². The van der Waals surface area contributed by atoms with E-state index in [9.17, 15) is 15.0 Å². The molecule has 1 fully saturated rings. The molecular formula is C15H22O4. The van der Waals surface area contributed by atoms with Crippen LogP contribution in [0.25, 0.3) is 0 Å². The van der Waals surface area contributed by atoms with Crippen molar-refractivity contribution in [1.29, 1.82) is 0 Å². The van der Waals surface area contributed by atoms with Gasteiger partial charge in [-0.1, -0.05) is 13.5 Å². The van der Waals surface area contributed by atoms with Gasteiger partial charge in [-0.2, -0.15) is 0 Å². The first-order valence-corrected chi connectivity index (χ1v) is 6.82. The molecule has 0 spiro atoms. The van der Waals surface area contributed by atoms with Gasteiger partial charge in [0, 0.05) is 12.3 Å². The van der Waals surface area contributed by atoms with Crippen LogP contribution in [0.4, 0.5) is 0 Å². The molecule has 5 unspecified atom stereocenters. The lowest BCUT2D eigenvalue weighted by Gasteiger charge is -2.24. The summed E-state index contributed by atoms with van der Waals surface area (Å²) in [6.45, 7) is 7.55. The van der Waals surface area contributed by atoms with Crippen molar-refractivity contribution in [2.45, 2.75) is 51.4 Å². The van der Waals surface area contributed by atoms with Crippen molar-refractivity contribution in [2.24, 2.45) is 11.8 Å². The highest BCUT2D eigenvalue weighted by atomic mass is 16.6. The second-order valence-corrected chi connectivity index (χ2v) is 5.73. The third-order valence-corrected chi connectivity index (χ3v) is 4.36. The van der Waals surface area contributed by atoms with Crippen molar-refractivity contribution < 1.29 is 19.7 Å². The van der Waals surface area contributed by atoms with Crippen molar-refractivity contribution in [2.75, 3.05) is 0 Å². The van der Waals surface area contributed by atoms with Crippen LogP contribution in [0.2, 0.25) is 0 Å². The van der Waals surface area contributed by atoms with Gasteiger partial charge in [-0.05, 0) is 37.0 Å². The van der Waals surface area contributed by atoms with Crippen LogP contribution in [0.5, 0.6) is 0 Å². The summed E-state index contributed by atoms with van der Waals surface area (Å²) < 4.78 is 5.37. The van der Waals surface area contributed by atoms with Crippen molar-refractivity contribution in [3.8, 4) is 0 Å². The van der Waals surface area contributed by atoms with E-state index in [1.54, 1.807) is 6.92 Å². The maximum Gasteiger partial charge on any atom is 0.309 e. The van der Waals surface area contributed by atoms with Gasteiger partial charge in [0.2, 0.25) is 0 Å². The first kappa shape index (κ1) is 14.3. The molecule has 0 aromatic heterocycles. The van der Waals surface area contributed by atoms with Crippen molar-refractivity contribution in [3.05, 3.63) is 23.8 Å². The predicted octanol–water partition coefficient (Wildman–Crippen LogP) is 1.57. The largest absolute Gasteiger partial charge is 0.458 e. The summed E-state index contributed by atoms with van der Waals surface area (Å²) in [5.74, 6) is -0.230. The third-order valence-electron chi connectivity index (χ3n) is 4.36.